The van der Waals surface area contributed by atoms with Crippen LogP contribution < -0.4 is 5.73 Å². The summed E-state index contributed by atoms with van der Waals surface area (Å²) in [5, 5.41) is 0. The van der Waals surface area contributed by atoms with E-state index in [9.17, 15) is 4.79 Å². The summed E-state index contributed by atoms with van der Waals surface area (Å²) in [6.45, 7) is 1.95. The van der Waals surface area contributed by atoms with Gasteiger partial charge in [-0.15, -0.1) is 0 Å². The molecule has 20 heavy (non-hydrogen) atoms. The minimum atomic E-state index is -1.02. The lowest BCUT2D eigenvalue weighted by Crippen LogP contribution is -2.48. The van der Waals surface area contributed by atoms with Crippen LogP contribution in [0.5, 0.6) is 0 Å². The standard InChI is InChI=1S/C17H19NO2/c1-17(18,12-14-8-4-2-5-9-14)16(19)20-13-15-10-6-3-7-11-15/h2-11H,12-13,18H2,1H3/t17-/m1/s1. The topological polar surface area (TPSA) is 52.3 Å². The van der Waals surface area contributed by atoms with E-state index in [2.05, 4.69) is 0 Å². The summed E-state index contributed by atoms with van der Waals surface area (Å²) in [4.78, 5) is 12.1. The van der Waals surface area contributed by atoms with Crippen molar-refractivity contribution >= 4 is 5.97 Å². The van der Waals surface area contributed by atoms with Gasteiger partial charge in [0.2, 0.25) is 0 Å². The fraction of sp³-hybridized carbons (Fsp3) is 0.235. The fourth-order valence-corrected chi connectivity index (χ4v) is 1.98. The summed E-state index contributed by atoms with van der Waals surface area (Å²) in [6, 6.07) is 19.3. The molecule has 0 unspecified atom stereocenters. The number of carbonyl (C=O) groups is 1. The fourth-order valence-electron chi connectivity index (χ4n) is 1.98. The van der Waals surface area contributed by atoms with Crippen molar-refractivity contribution < 1.29 is 9.53 Å². The molecule has 0 saturated heterocycles. The van der Waals surface area contributed by atoms with Crippen LogP contribution in [0, 0.1) is 0 Å². The van der Waals surface area contributed by atoms with Gasteiger partial charge in [-0.1, -0.05) is 60.7 Å². The summed E-state index contributed by atoms with van der Waals surface area (Å²) in [7, 11) is 0. The number of carbonyl (C=O) groups excluding carboxylic acids is 1. The summed E-state index contributed by atoms with van der Waals surface area (Å²) in [5.74, 6) is -0.384. The first-order valence-corrected chi connectivity index (χ1v) is 6.62. The van der Waals surface area contributed by atoms with E-state index in [1.165, 1.54) is 0 Å². The zero-order chi connectivity index (χ0) is 14.4. The van der Waals surface area contributed by atoms with Gasteiger partial charge >= 0.3 is 5.97 Å². The molecule has 3 nitrogen and oxygen atoms in total. The van der Waals surface area contributed by atoms with Crippen LogP contribution in [0.25, 0.3) is 0 Å². The molecular formula is C17H19NO2. The van der Waals surface area contributed by atoms with Crippen LogP contribution in [-0.4, -0.2) is 11.5 Å². The minimum Gasteiger partial charge on any atom is -0.459 e. The van der Waals surface area contributed by atoms with Gasteiger partial charge < -0.3 is 10.5 Å². The predicted molar refractivity (Wildman–Crippen MR) is 79.0 cm³/mol. The van der Waals surface area contributed by atoms with Gasteiger partial charge in [0.25, 0.3) is 0 Å². The molecule has 0 spiro atoms. The second kappa shape index (κ2) is 6.35. The van der Waals surface area contributed by atoms with E-state index in [1.54, 1.807) is 6.92 Å². The Kier molecular flexibility index (Phi) is 4.53. The molecule has 1 atom stereocenters. The highest BCUT2D eigenvalue weighted by molar-refractivity contribution is 5.80. The molecule has 2 aromatic carbocycles. The normalized spacial score (nSPS) is 13.5. The Labute approximate surface area is 119 Å². The highest BCUT2D eigenvalue weighted by Crippen LogP contribution is 2.13. The largest absolute Gasteiger partial charge is 0.459 e. The number of hydrogen-bond donors (Lipinski definition) is 1. The Morgan fingerprint density at radius 3 is 2.05 bits per heavy atom. The summed E-state index contributed by atoms with van der Waals surface area (Å²) in [6.07, 6.45) is 0.460. The van der Waals surface area contributed by atoms with Crippen LogP contribution in [-0.2, 0) is 22.6 Å². The van der Waals surface area contributed by atoms with E-state index in [1.807, 2.05) is 60.7 Å². The van der Waals surface area contributed by atoms with E-state index < -0.39 is 5.54 Å². The monoisotopic (exact) mass is 269 g/mol. The van der Waals surface area contributed by atoms with Crippen molar-refractivity contribution in [1.82, 2.24) is 0 Å². The molecule has 0 heterocycles. The molecule has 0 aliphatic rings. The number of nitrogens with two attached hydrogens (primary N) is 1. The van der Waals surface area contributed by atoms with Crippen LogP contribution in [0.15, 0.2) is 60.7 Å². The lowest BCUT2D eigenvalue weighted by atomic mass is 9.94. The molecule has 0 aliphatic heterocycles. The molecule has 0 amide bonds. The average molecular weight is 269 g/mol. The first-order valence-electron chi connectivity index (χ1n) is 6.62. The molecule has 0 aromatic heterocycles. The van der Waals surface area contributed by atoms with E-state index in [0.717, 1.165) is 11.1 Å². The van der Waals surface area contributed by atoms with Gasteiger partial charge in [0, 0.05) is 6.42 Å². The lowest BCUT2D eigenvalue weighted by Gasteiger charge is -2.22. The second-order valence-corrected chi connectivity index (χ2v) is 5.14. The van der Waals surface area contributed by atoms with E-state index in [-0.39, 0.29) is 12.6 Å². The third kappa shape index (κ3) is 3.93. The van der Waals surface area contributed by atoms with Gasteiger partial charge in [-0.05, 0) is 18.1 Å². The molecule has 0 fully saturated rings. The van der Waals surface area contributed by atoms with E-state index in [0.29, 0.717) is 6.42 Å². The number of hydrogen-bond acceptors (Lipinski definition) is 3. The SMILES string of the molecule is C[C@@](N)(Cc1ccccc1)C(=O)OCc1ccccc1. The van der Waals surface area contributed by atoms with Crippen molar-refractivity contribution in [2.24, 2.45) is 5.73 Å². The third-order valence-electron chi connectivity index (χ3n) is 3.09. The van der Waals surface area contributed by atoms with Crippen LogP contribution in [0.4, 0.5) is 0 Å². The molecule has 0 bridgehead atoms. The summed E-state index contributed by atoms with van der Waals surface area (Å²) in [5.41, 5.74) is 7.04. The summed E-state index contributed by atoms with van der Waals surface area (Å²) < 4.78 is 5.30. The van der Waals surface area contributed by atoms with Crippen LogP contribution >= 0.6 is 0 Å². The molecule has 104 valence electrons. The molecule has 0 aliphatic carbocycles. The van der Waals surface area contributed by atoms with Gasteiger partial charge in [-0.2, -0.15) is 0 Å². The number of rotatable bonds is 5. The molecule has 2 rings (SSSR count). The van der Waals surface area contributed by atoms with Crippen molar-refractivity contribution in [2.75, 3.05) is 0 Å². The highest BCUT2D eigenvalue weighted by Gasteiger charge is 2.30. The summed E-state index contributed by atoms with van der Waals surface area (Å²) >= 11 is 0. The smallest absolute Gasteiger partial charge is 0.326 e. The maximum atomic E-state index is 12.1. The van der Waals surface area contributed by atoms with Gasteiger partial charge in [-0.3, -0.25) is 4.79 Å². The zero-order valence-corrected chi connectivity index (χ0v) is 11.6. The van der Waals surface area contributed by atoms with Gasteiger partial charge in [0.15, 0.2) is 0 Å². The molecule has 3 heteroatoms. The number of benzene rings is 2. The maximum absolute atomic E-state index is 12.1. The highest BCUT2D eigenvalue weighted by atomic mass is 16.5. The molecular weight excluding hydrogens is 250 g/mol. The Hall–Kier alpha value is -2.13. The molecule has 0 saturated carbocycles. The Bertz CT molecular complexity index is 550. The Morgan fingerprint density at radius 2 is 1.50 bits per heavy atom. The van der Waals surface area contributed by atoms with Crippen LogP contribution in [0.1, 0.15) is 18.1 Å². The maximum Gasteiger partial charge on any atom is 0.326 e. The van der Waals surface area contributed by atoms with Gasteiger partial charge in [0.05, 0.1) is 0 Å². The minimum absolute atomic E-state index is 0.251. The van der Waals surface area contributed by atoms with Crippen molar-refractivity contribution in [3.63, 3.8) is 0 Å². The number of ether oxygens (including phenoxy) is 1. The molecule has 2 N–H and O–H groups in total. The van der Waals surface area contributed by atoms with Crippen LogP contribution in [0.2, 0.25) is 0 Å². The molecule has 2 aromatic rings. The van der Waals surface area contributed by atoms with E-state index >= 15 is 0 Å². The molecule has 0 radical (unpaired) electrons. The Balaban J connectivity index is 1.93. The Morgan fingerprint density at radius 1 is 1.00 bits per heavy atom. The van der Waals surface area contributed by atoms with E-state index in [4.69, 9.17) is 10.5 Å². The lowest BCUT2D eigenvalue weighted by molar-refractivity contribution is -0.150. The van der Waals surface area contributed by atoms with Crippen molar-refractivity contribution in [3.05, 3.63) is 71.8 Å². The van der Waals surface area contributed by atoms with Gasteiger partial charge in [-0.25, -0.2) is 0 Å². The van der Waals surface area contributed by atoms with Crippen molar-refractivity contribution in [3.8, 4) is 0 Å². The predicted octanol–water partition coefficient (Wildman–Crippen LogP) is 2.69. The first-order chi connectivity index (χ1) is 9.58. The van der Waals surface area contributed by atoms with Crippen molar-refractivity contribution in [1.29, 1.82) is 0 Å². The number of esters is 1. The van der Waals surface area contributed by atoms with Crippen LogP contribution in [0.3, 0.4) is 0 Å². The van der Waals surface area contributed by atoms with Gasteiger partial charge in [0.1, 0.15) is 12.1 Å². The quantitative estimate of drug-likeness (QED) is 0.849. The first kappa shape index (κ1) is 14.3. The second-order valence-electron chi connectivity index (χ2n) is 5.14. The average Bonchev–Trinajstić information content (AvgIpc) is 2.46. The van der Waals surface area contributed by atoms with Crippen molar-refractivity contribution in [2.45, 2.75) is 25.5 Å². The zero-order valence-electron chi connectivity index (χ0n) is 11.6. The third-order valence-corrected chi connectivity index (χ3v) is 3.09.